The van der Waals surface area contributed by atoms with E-state index >= 15 is 0 Å². The number of rotatable bonds is 3. The zero-order chi connectivity index (χ0) is 24.0. The smallest absolute Gasteiger partial charge is 0.364 e. The van der Waals surface area contributed by atoms with Crippen molar-refractivity contribution in [3.63, 3.8) is 0 Å². The van der Waals surface area contributed by atoms with Crippen molar-refractivity contribution in [1.82, 2.24) is 14.9 Å². The summed E-state index contributed by atoms with van der Waals surface area (Å²) in [6.45, 7) is 1.95. The number of benzene rings is 2. The number of carbonyl (C=O) groups is 1. The summed E-state index contributed by atoms with van der Waals surface area (Å²) in [4.78, 5) is 22.4. The monoisotopic (exact) mass is 468 g/mol. The largest absolute Gasteiger partial charge is 0.417 e. The van der Waals surface area contributed by atoms with E-state index in [-0.39, 0.29) is 36.0 Å². The van der Waals surface area contributed by atoms with Crippen molar-refractivity contribution < 1.29 is 31.1 Å². The van der Waals surface area contributed by atoms with Gasteiger partial charge in [-0.3, -0.25) is 9.78 Å². The van der Waals surface area contributed by atoms with Gasteiger partial charge in [-0.25, -0.2) is 4.98 Å². The van der Waals surface area contributed by atoms with Crippen LogP contribution in [0, 0.1) is 6.92 Å². The van der Waals surface area contributed by atoms with E-state index in [1.165, 1.54) is 29.3 Å². The Morgan fingerprint density at radius 2 is 1.79 bits per heavy atom. The van der Waals surface area contributed by atoms with Crippen molar-refractivity contribution in [2.45, 2.75) is 31.7 Å². The average Bonchev–Trinajstić information content (AvgIpc) is 3.19. The molecular weight excluding hydrogens is 450 g/mol. The number of hydrogen-bond acceptors (Lipinski definition) is 4. The maximum atomic E-state index is 13.4. The van der Waals surface area contributed by atoms with Crippen molar-refractivity contribution in [2.75, 3.05) is 18.4 Å². The number of likely N-dealkylation sites (tertiary alicyclic amines) is 1. The third-order valence-corrected chi connectivity index (χ3v) is 5.41. The Labute approximate surface area is 184 Å². The Bertz CT molecular complexity index is 1210. The number of nitrogens with zero attached hydrogens (tertiary/aromatic N) is 3. The Balaban J connectivity index is 1.50. The van der Waals surface area contributed by atoms with E-state index in [2.05, 4.69) is 15.3 Å². The normalized spacial score (nSPS) is 16.9. The maximum Gasteiger partial charge on any atom is 0.417 e. The number of halogens is 6. The SMILES string of the molecule is Cc1ccc(C(F)(F)F)c(C(=O)N2CCC(Nc3cnc4ccc(C(F)(F)F)cc4n3)C2)c1. The minimum Gasteiger partial charge on any atom is -0.364 e. The van der Waals surface area contributed by atoms with Gasteiger partial charge >= 0.3 is 12.4 Å². The van der Waals surface area contributed by atoms with Crippen LogP contribution in [0.5, 0.6) is 0 Å². The number of aryl methyl sites for hydroxylation is 1. The van der Waals surface area contributed by atoms with Crippen LogP contribution in [0.2, 0.25) is 0 Å². The zero-order valence-electron chi connectivity index (χ0n) is 17.3. The first kappa shape index (κ1) is 22.8. The first-order valence-electron chi connectivity index (χ1n) is 9.99. The molecule has 1 fully saturated rings. The van der Waals surface area contributed by atoms with Crippen LogP contribution in [0.25, 0.3) is 11.0 Å². The minimum atomic E-state index is -4.66. The fraction of sp³-hybridized carbons (Fsp3) is 0.318. The molecule has 0 saturated carbocycles. The Kier molecular flexibility index (Phi) is 5.67. The van der Waals surface area contributed by atoms with Crippen LogP contribution in [0.3, 0.4) is 0 Å². The van der Waals surface area contributed by atoms with E-state index in [1.54, 1.807) is 6.92 Å². The molecule has 1 aromatic heterocycles. The highest BCUT2D eigenvalue weighted by atomic mass is 19.4. The number of nitrogens with one attached hydrogen (secondary N) is 1. The molecule has 4 rings (SSSR count). The zero-order valence-corrected chi connectivity index (χ0v) is 17.3. The molecule has 2 heterocycles. The third-order valence-electron chi connectivity index (χ3n) is 5.41. The van der Waals surface area contributed by atoms with Gasteiger partial charge in [-0.15, -0.1) is 0 Å². The summed E-state index contributed by atoms with van der Waals surface area (Å²) >= 11 is 0. The van der Waals surface area contributed by atoms with E-state index < -0.39 is 35.0 Å². The van der Waals surface area contributed by atoms with Gasteiger partial charge in [0.1, 0.15) is 5.82 Å². The molecule has 0 bridgehead atoms. The molecule has 5 nitrogen and oxygen atoms in total. The summed E-state index contributed by atoms with van der Waals surface area (Å²) in [6.07, 6.45) is -7.38. The molecular formula is C22H18F6N4O. The van der Waals surface area contributed by atoms with Gasteiger partial charge < -0.3 is 10.2 Å². The van der Waals surface area contributed by atoms with Crippen LogP contribution in [0.4, 0.5) is 32.2 Å². The number of anilines is 1. The average molecular weight is 468 g/mol. The molecule has 0 aliphatic carbocycles. The lowest BCUT2D eigenvalue weighted by Gasteiger charge is -2.20. The van der Waals surface area contributed by atoms with Crippen molar-refractivity contribution in [3.05, 3.63) is 64.8 Å². The summed E-state index contributed by atoms with van der Waals surface area (Å²) in [7, 11) is 0. The van der Waals surface area contributed by atoms with Crippen molar-refractivity contribution >= 4 is 22.8 Å². The topological polar surface area (TPSA) is 58.1 Å². The van der Waals surface area contributed by atoms with E-state index in [0.29, 0.717) is 12.0 Å². The van der Waals surface area contributed by atoms with E-state index in [4.69, 9.17) is 0 Å². The van der Waals surface area contributed by atoms with Gasteiger partial charge in [0.05, 0.1) is 33.9 Å². The predicted molar refractivity (Wildman–Crippen MR) is 109 cm³/mol. The molecule has 11 heteroatoms. The quantitative estimate of drug-likeness (QED) is 0.530. The summed E-state index contributed by atoms with van der Waals surface area (Å²) in [5.41, 5.74) is -1.38. The molecule has 1 aliphatic rings. The van der Waals surface area contributed by atoms with Crippen LogP contribution in [-0.2, 0) is 12.4 Å². The lowest BCUT2D eigenvalue weighted by molar-refractivity contribution is -0.138. The van der Waals surface area contributed by atoms with Crippen LogP contribution >= 0.6 is 0 Å². The number of carbonyl (C=O) groups excluding carboxylic acids is 1. The summed E-state index contributed by atoms with van der Waals surface area (Å²) in [5, 5.41) is 3.01. The van der Waals surface area contributed by atoms with Crippen molar-refractivity contribution in [1.29, 1.82) is 0 Å². The minimum absolute atomic E-state index is 0.0512. The predicted octanol–water partition coefficient (Wildman–Crippen LogP) is 5.30. The molecule has 2 aromatic carbocycles. The van der Waals surface area contributed by atoms with E-state index in [1.807, 2.05) is 0 Å². The highest BCUT2D eigenvalue weighted by Crippen LogP contribution is 2.34. The Morgan fingerprint density at radius 1 is 1.03 bits per heavy atom. The lowest BCUT2D eigenvalue weighted by atomic mass is 10.0. The molecule has 1 amide bonds. The number of fused-ring (bicyclic) bond motifs is 1. The lowest BCUT2D eigenvalue weighted by Crippen LogP contribution is -2.33. The number of aromatic nitrogens is 2. The van der Waals surface area contributed by atoms with Gasteiger partial charge in [0.15, 0.2) is 0 Å². The highest BCUT2D eigenvalue weighted by Gasteiger charge is 2.37. The van der Waals surface area contributed by atoms with Crippen LogP contribution in [0.15, 0.2) is 42.6 Å². The second kappa shape index (κ2) is 8.20. The molecule has 0 spiro atoms. The van der Waals surface area contributed by atoms with Gasteiger partial charge in [-0.2, -0.15) is 26.3 Å². The molecule has 1 unspecified atom stereocenters. The maximum absolute atomic E-state index is 13.4. The standard InChI is InChI=1S/C22H18F6N4O/c1-12-2-4-16(22(26,27)28)15(8-12)20(33)32-7-6-14(11-32)30-19-10-29-17-5-3-13(21(23,24)25)9-18(17)31-19/h2-5,8-10,14H,6-7,11H2,1H3,(H,30,31). The van der Waals surface area contributed by atoms with E-state index in [9.17, 15) is 31.1 Å². The van der Waals surface area contributed by atoms with Crippen LogP contribution < -0.4 is 5.32 Å². The van der Waals surface area contributed by atoms with Crippen LogP contribution in [0.1, 0.15) is 33.5 Å². The van der Waals surface area contributed by atoms with Gasteiger partial charge in [0.2, 0.25) is 0 Å². The van der Waals surface area contributed by atoms with Crippen molar-refractivity contribution in [3.8, 4) is 0 Å². The summed E-state index contributed by atoms with van der Waals surface area (Å²) in [6, 6.07) is 6.12. The molecule has 0 radical (unpaired) electrons. The van der Waals surface area contributed by atoms with Gasteiger partial charge in [0, 0.05) is 19.1 Å². The number of amides is 1. The molecule has 1 saturated heterocycles. The molecule has 33 heavy (non-hydrogen) atoms. The fourth-order valence-corrected chi connectivity index (χ4v) is 3.78. The van der Waals surface area contributed by atoms with Crippen molar-refractivity contribution in [2.24, 2.45) is 0 Å². The second-order valence-corrected chi connectivity index (χ2v) is 7.88. The third kappa shape index (κ3) is 4.86. The van der Waals surface area contributed by atoms with Gasteiger partial charge in [-0.05, 0) is 43.7 Å². The highest BCUT2D eigenvalue weighted by molar-refractivity contribution is 5.96. The summed E-state index contributed by atoms with van der Waals surface area (Å²) in [5.74, 6) is -0.512. The fourth-order valence-electron chi connectivity index (χ4n) is 3.78. The molecule has 1 atom stereocenters. The number of alkyl halides is 6. The van der Waals surface area contributed by atoms with Gasteiger partial charge in [-0.1, -0.05) is 11.6 Å². The first-order chi connectivity index (χ1) is 15.4. The number of hydrogen-bond donors (Lipinski definition) is 1. The Hall–Kier alpha value is -3.37. The molecule has 3 aromatic rings. The molecule has 1 aliphatic heterocycles. The second-order valence-electron chi connectivity index (χ2n) is 7.88. The Morgan fingerprint density at radius 3 is 2.48 bits per heavy atom. The molecule has 174 valence electrons. The van der Waals surface area contributed by atoms with E-state index in [0.717, 1.165) is 18.2 Å². The summed E-state index contributed by atoms with van der Waals surface area (Å²) < 4.78 is 78.9. The first-order valence-corrected chi connectivity index (χ1v) is 9.99. The molecule has 1 N–H and O–H groups in total. The van der Waals surface area contributed by atoms with Crippen LogP contribution in [-0.4, -0.2) is 39.9 Å². The van der Waals surface area contributed by atoms with Gasteiger partial charge in [0.25, 0.3) is 5.91 Å².